The third-order valence-corrected chi connectivity index (χ3v) is 31.9. The SMILES string of the molecule is CC(OC(=O)COCC(=O)OC1C2OC(=O)C3C2OC1C3C(=O)OC1(C2CC3CCC2C3)CCCCC1)C(F)(F)S(=O)(=O)[O-].CC(OC(=O)COCC(=O)OC1C2OC(=O)C3C2OC1C3C(=O)OC1(C2CCCC2)CCCCC1)C(F)(F)S(=O)(=O)[O-].CC(OC(=O)COCC(=O)OC1C2OC(=O)C3C2OC1C3C(=O)OC1(C2CCCCC2)CCCCC1)C(F)(F)S(=O)(=O)[O-]. The van der Waals surface area contributed by atoms with Gasteiger partial charge in [0.1, 0.15) is 129 Å². The van der Waals surface area contributed by atoms with Crippen LogP contribution in [0.3, 0.4) is 0 Å². The van der Waals surface area contributed by atoms with Gasteiger partial charge in [-0.15, -0.1) is 0 Å². The van der Waals surface area contributed by atoms with E-state index in [1.54, 1.807) is 0 Å². The molecule has 0 spiro atoms. The van der Waals surface area contributed by atoms with Crippen LogP contribution in [-0.2, 0) is 173 Å². The summed E-state index contributed by atoms with van der Waals surface area (Å²) in [6.07, 6.45) is 7.80. The molecule has 16 aliphatic rings. The molecule has 0 aromatic heterocycles. The Labute approximate surface area is 736 Å². The number of ether oxygens (including phenoxy) is 18. The minimum Gasteiger partial charge on any atom is -0.743 e. The standard InChI is InChI=1S/C28H36F2O13S.C27H36F2O13S.C26H34F2O13S/c1-13(28(29,30)44(35,36)37)39-17(31)11-38-12-18(32)40-23-22-20(19-21(41-22)24(23)42-25(19)33)26(34)43-27(7-3-2-4-8-27)16-10-14-5-6-15(16)9-14;1-14(27(28,29)43(34,35)36)38-16(30)12-37-13-17(31)39-22-21-19(18-20(40-21)23(22)41-24(18)32)25(33)42-26(10-6-3-7-11-26)15-8-4-2-5-9-15;1-13(26(27,28)42(33,34)35)37-15(29)11-36-12-16(30)38-21-20-18(17-19(39-20)22(21)40-23(17)31)24(32)41-25(9-5-2-6-10-25)14-7-3-4-8-14/h13-16,19-24H,2-12H2,1H3,(H,35,36,37);14-15,18-23H,2-13H2,1H3,(H,34,35,36);13-14,17-22H,2-12H2,1H3,(H,33,34,35)/p-3. The van der Waals surface area contributed by atoms with E-state index in [2.05, 4.69) is 14.2 Å². The van der Waals surface area contributed by atoms with Gasteiger partial charge in [-0.25, -0.2) is 54.0 Å². The number of carbonyl (C=O) groups is 12. The van der Waals surface area contributed by atoms with Crippen molar-refractivity contribution in [2.75, 3.05) is 39.6 Å². The Morgan fingerprint density at radius 1 is 0.364 bits per heavy atom. The zero-order valence-corrected chi connectivity index (χ0v) is 72.9. The van der Waals surface area contributed by atoms with Crippen molar-refractivity contribution in [3.05, 3.63) is 0 Å². The highest BCUT2D eigenvalue weighted by Crippen LogP contribution is 2.60. The van der Waals surface area contributed by atoms with Gasteiger partial charge in [-0.2, -0.15) is 26.3 Å². The Morgan fingerprint density at radius 2 is 0.636 bits per heavy atom. The third kappa shape index (κ3) is 19.6. The zero-order chi connectivity index (χ0) is 93.2. The lowest BCUT2D eigenvalue weighted by molar-refractivity contribution is -0.186. The molecule has 0 amide bonds. The summed E-state index contributed by atoms with van der Waals surface area (Å²) in [6.45, 7) is -4.17. The average molecular weight is 1910 g/mol. The summed E-state index contributed by atoms with van der Waals surface area (Å²) in [6, 6.07) is 0. The van der Waals surface area contributed by atoms with Crippen LogP contribution in [-0.4, -0.2) is 274 Å². The maximum Gasteiger partial charge on any atom is 0.370 e. The molecule has 16 fully saturated rings. The molecule has 0 aromatic rings. The quantitative estimate of drug-likeness (QED) is 0.0371. The minimum atomic E-state index is -6.09. The van der Waals surface area contributed by atoms with Gasteiger partial charge < -0.3 is 98.9 Å². The van der Waals surface area contributed by atoms with Crippen LogP contribution in [0.4, 0.5) is 26.3 Å². The van der Waals surface area contributed by atoms with Crippen molar-refractivity contribution in [1.82, 2.24) is 0 Å². The molecule has 9 heterocycles. The Hall–Kier alpha value is -7.29. The van der Waals surface area contributed by atoms with Crippen LogP contribution >= 0.6 is 0 Å². The fraction of sp³-hybridized carbons (Fsp3) is 0.852. The first-order valence-corrected chi connectivity index (χ1v) is 48.1. The molecule has 39 nitrogen and oxygen atoms in total. The number of alkyl halides is 6. The molecule has 7 aliphatic carbocycles. The molecule has 16 rings (SSSR count). The summed E-state index contributed by atoms with van der Waals surface area (Å²) >= 11 is 0. The zero-order valence-electron chi connectivity index (χ0n) is 70.5. The van der Waals surface area contributed by atoms with E-state index in [4.69, 9.17) is 71.1 Å². The second kappa shape index (κ2) is 38.2. The number of fused-ring (bicyclic) bond motifs is 5. The number of carbonyl (C=O) groups excluding carboxylic acids is 12. The molecule has 724 valence electrons. The topological polar surface area (TPSA) is 543 Å². The predicted molar refractivity (Wildman–Crippen MR) is 402 cm³/mol. The Kier molecular flexibility index (Phi) is 29.0. The Morgan fingerprint density at radius 3 is 0.915 bits per heavy atom. The fourth-order valence-electron chi connectivity index (χ4n) is 22.9. The van der Waals surface area contributed by atoms with E-state index in [-0.39, 0.29) is 17.8 Å². The van der Waals surface area contributed by atoms with E-state index >= 15 is 0 Å². The molecule has 129 heavy (non-hydrogen) atoms. The summed E-state index contributed by atoms with van der Waals surface area (Å²) < 4.78 is 273. The van der Waals surface area contributed by atoms with E-state index in [9.17, 15) is 123 Å². The lowest BCUT2D eigenvalue weighted by Crippen LogP contribution is -2.52. The Bertz CT molecular complexity index is 4600. The van der Waals surface area contributed by atoms with E-state index < -0.39 is 301 Å². The van der Waals surface area contributed by atoms with E-state index in [1.807, 2.05) is 0 Å². The van der Waals surface area contributed by atoms with Crippen molar-refractivity contribution in [2.24, 2.45) is 65.1 Å². The van der Waals surface area contributed by atoms with E-state index in [0.717, 1.165) is 173 Å². The second-order valence-electron chi connectivity index (χ2n) is 36.6. The van der Waals surface area contributed by atoms with Crippen LogP contribution in [0.2, 0.25) is 0 Å². The van der Waals surface area contributed by atoms with Gasteiger partial charge in [0, 0.05) is 5.92 Å². The lowest BCUT2D eigenvalue weighted by atomic mass is 9.69. The second-order valence-corrected chi connectivity index (χ2v) is 40.9. The summed E-state index contributed by atoms with van der Waals surface area (Å²) in [5.41, 5.74) is -1.79. The highest BCUT2D eigenvalue weighted by Gasteiger charge is 2.76. The summed E-state index contributed by atoms with van der Waals surface area (Å²) in [5, 5.41) is -14.6. The van der Waals surface area contributed by atoms with Crippen LogP contribution in [0.25, 0.3) is 0 Å². The van der Waals surface area contributed by atoms with Gasteiger partial charge in [-0.3, -0.25) is 28.8 Å². The first kappa shape index (κ1) is 97.7. The van der Waals surface area contributed by atoms with Crippen molar-refractivity contribution in [3.63, 3.8) is 0 Å². The van der Waals surface area contributed by atoms with Crippen LogP contribution in [0.15, 0.2) is 0 Å². The van der Waals surface area contributed by atoms with Crippen LogP contribution < -0.4 is 0 Å². The summed E-state index contributed by atoms with van der Waals surface area (Å²) in [4.78, 5) is 152. The highest BCUT2D eigenvalue weighted by atomic mass is 32.2. The predicted octanol–water partition coefficient (Wildman–Crippen LogP) is 4.71. The first-order valence-electron chi connectivity index (χ1n) is 43.9. The largest absolute Gasteiger partial charge is 0.743 e. The maximum atomic E-state index is 13.9. The molecule has 9 saturated heterocycles. The van der Waals surface area contributed by atoms with Gasteiger partial charge in [0.15, 0.2) is 85.3 Å². The maximum absolute atomic E-state index is 13.9. The highest BCUT2D eigenvalue weighted by molar-refractivity contribution is 7.87. The molecule has 9 aliphatic heterocycles. The molecular weight excluding hydrogens is 1810 g/mol. The van der Waals surface area contributed by atoms with Crippen LogP contribution in [0.5, 0.6) is 0 Å². The smallest absolute Gasteiger partial charge is 0.370 e. The molecule has 0 aromatic carbocycles. The molecular formula is C81H103F6O39S3-3. The van der Waals surface area contributed by atoms with E-state index in [1.165, 1.54) is 6.42 Å². The van der Waals surface area contributed by atoms with Crippen molar-refractivity contribution in [1.29, 1.82) is 0 Å². The molecule has 0 radical (unpaired) electrons. The molecule has 24 atom stereocenters. The summed E-state index contributed by atoms with van der Waals surface area (Å²) in [7, 11) is -18.3. The van der Waals surface area contributed by atoms with Crippen molar-refractivity contribution in [3.8, 4) is 0 Å². The molecule has 24 unspecified atom stereocenters. The van der Waals surface area contributed by atoms with Crippen LogP contribution in [0.1, 0.15) is 201 Å². The van der Waals surface area contributed by atoms with Gasteiger partial charge in [-0.05, 0) is 166 Å². The fourth-order valence-corrected chi connectivity index (χ4v) is 24.3. The number of hydrogen-bond donors (Lipinski definition) is 0. The van der Waals surface area contributed by atoms with Crippen molar-refractivity contribution >= 4 is 102 Å². The number of hydrogen-bond acceptors (Lipinski definition) is 39. The first-order chi connectivity index (χ1) is 60.7. The van der Waals surface area contributed by atoms with Crippen LogP contribution in [0, 0.1) is 65.1 Å². The lowest BCUT2D eigenvalue weighted by Gasteiger charge is -2.45. The molecule has 7 saturated carbocycles. The van der Waals surface area contributed by atoms with Crippen molar-refractivity contribution in [2.45, 2.75) is 325 Å². The Balaban J connectivity index is 0.000000156. The molecule has 48 heteroatoms. The molecule has 8 bridgehead atoms. The monoisotopic (exact) mass is 1910 g/mol. The third-order valence-electron chi connectivity index (χ3n) is 28.9. The average Bonchev–Trinajstić information content (AvgIpc) is 1.55. The van der Waals surface area contributed by atoms with Gasteiger partial charge in [-0.1, -0.05) is 57.8 Å². The molecule has 0 N–H and O–H groups in total. The van der Waals surface area contributed by atoms with Gasteiger partial charge >= 0.3 is 87.4 Å². The minimum absolute atomic E-state index is 0.240. The van der Waals surface area contributed by atoms with E-state index in [0.29, 0.717) is 32.6 Å². The van der Waals surface area contributed by atoms with Gasteiger partial charge in [0.05, 0.1) is 0 Å². The number of esters is 12. The van der Waals surface area contributed by atoms with Crippen molar-refractivity contribution < 1.29 is 208 Å². The summed E-state index contributed by atoms with van der Waals surface area (Å²) in [5.74, 6) is -14.9. The van der Waals surface area contributed by atoms with Gasteiger partial charge in [0.25, 0.3) is 0 Å². The normalized spacial score (nSPS) is 34.3. The number of rotatable bonds is 33. The van der Waals surface area contributed by atoms with Gasteiger partial charge in [0.2, 0.25) is 0 Å². The number of halogens is 6.